The van der Waals surface area contributed by atoms with Crippen molar-refractivity contribution in [2.45, 2.75) is 51.0 Å². The molecular formula is C27H29Cl2FN4O. The van der Waals surface area contributed by atoms with Crippen LogP contribution in [0, 0.1) is 31.0 Å². The summed E-state index contributed by atoms with van der Waals surface area (Å²) in [5.74, 6) is 5.74. The molecular weight excluding hydrogens is 486 g/mol. The van der Waals surface area contributed by atoms with Gasteiger partial charge in [0.1, 0.15) is 17.4 Å². The Morgan fingerprint density at radius 2 is 1.94 bits per heavy atom. The molecule has 184 valence electrons. The number of halogens is 3. The molecule has 3 aromatic rings. The van der Waals surface area contributed by atoms with E-state index >= 15 is 0 Å². The number of methoxy groups -OCH3 is 1. The molecule has 0 saturated heterocycles. The Labute approximate surface area is 217 Å². The summed E-state index contributed by atoms with van der Waals surface area (Å²) >= 11 is 6.66. The molecule has 5 nitrogen and oxygen atoms in total. The second kappa shape index (κ2) is 10.5. The van der Waals surface area contributed by atoms with Gasteiger partial charge in [-0.25, -0.2) is 9.07 Å². The fraction of sp³-hybridized carbons (Fsp3) is 0.407. The highest BCUT2D eigenvalue weighted by molar-refractivity contribution is 6.32. The molecule has 2 fully saturated rings. The van der Waals surface area contributed by atoms with Gasteiger partial charge in [0, 0.05) is 12.0 Å². The van der Waals surface area contributed by atoms with E-state index in [1.165, 1.54) is 25.0 Å². The van der Waals surface area contributed by atoms with Crippen LogP contribution in [-0.2, 0) is 0 Å². The molecule has 0 aliphatic heterocycles. The van der Waals surface area contributed by atoms with Gasteiger partial charge in [-0.3, -0.25) is 0 Å². The lowest BCUT2D eigenvalue weighted by Gasteiger charge is -2.30. The number of benzene rings is 2. The third-order valence-electron chi connectivity index (χ3n) is 6.66. The lowest BCUT2D eigenvalue weighted by atomic mass is 9.99. The fourth-order valence-electron chi connectivity index (χ4n) is 4.46. The van der Waals surface area contributed by atoms with Gasteiger partial charge < -0.3 is 9.64 Å². The van der Waals surface area contributed by atoms with Gasteiger partial charge in [-0.2, -0.15) is 4.98 Å². The van der Waals surface area contributed by atoms with Gasteiger partial charge in [0.25, 0.3) is 0 Å². The molecule has 1 unspecified atom stereocenters. The molecule has 1 heterocycles. The van der Waals surface area contributed by atoms with Crippen LogP contribution in [0.2, 0.25) is 5.02 Å². The first-order chi connectivity index (χ1) is 16.5. The first kappa shape index (κ1) is 25.3. The maximum Gasteiger partial charge on any atom is 0.246 e. The highest BCUT2D eigenvalue weighted by Gasteiger charge is 2.35. The van der Waals surface area contributed by atoms with E-state index in [4.69, 9.17) is 32.8 Å². The molecule has 0 amide bonds. The largest absolute Gasteiger partial charge is 0.496 e. The number of hydrogen-bond acceptors (Lipinski definition) is 4. The number of aromatic nitrogens is 3. The van der Waals surface area contributed by atoms with Gasteiger partial charge in [0.15, 0.2) is 0 Å². The van der Waals surface area contributed by atoms with Gasteiger partial charge in [0.2, 0.25) is 5.95 Å². The molecule has 0 radical (unpaired) electrons. The molecule has 0 N–H and O–H groups in total. The summed E-state index contributed by atoms with van der Waals surface area (Å²) in [5.41, 5.74) is 2.77. The first-order valence-electron chi connectivity index (χ1n) is 11.8. The Morgan fingerprint density at radius 1 is 1.23 bits per heavy atom. The number of ether oxygens (including phenoxy) is 1. The van der Waals surface area contributed by atoms with Crippen LogP contribution in [0.4, 0.5) is 10.3 Å². The summed E-state index contributed by atoms with van der Waals surface area (Å²) in [6.07, 6.45) is 11.3. The van der Waals surface area contributed by atoms with E-state index in [1.54, 1.807) is 7.11 Å². The Hall–Kier alpha value is -2.75. The van der Waals surface area contributed by atoms with E-state index in [-0.39, 0.29) is 24.3 Å². The highest BCUT2D eigenvalue weighted by Crippen LogP contribution is 2.44. The van der Waals surface area contributed by atoms with E-state index in [9.17, 15) is 4.39 Å². The summed E-state index contributed by atoms with van der Waals surface area (Å²) < 4.78 is 21.0. The Balaban J connectivity index is 0.00000289. The minimum absolute atomic E-state index is 0. The summed E-state index contributed by atoms with van der Waals surface area (Å²) in [6, 6.07) is 10.5. The molecule has 35 heavy (non-hydrogen) atoms. The zero-order valence-electron chi connectivity index (χ0n) is 19.9. The second-order valence-corrected chi connectivity index (χ2v) is 9.71. The molecule has 5 rings (SSSR count). The molecule has 2 aromatic carbocycles. The molecule has 2 aliphatic carbocycles. The van der Waals surface area contributed by atoms with Gasteiger partial charge in [-0.1, -0.05) is 42.5 Å². The lowest BCUT2D eigenvalue weighted by molar-refractivity contribution is 0.411. The lowest BCUT2D eigenvalue weighted by Crippen LogP contribution is -2.31. The van der Waals surface area contributed by atoms with Crippen LogP contribution < -0.4 is 9.64 Å². The van der Waals surface area contributed by atoms with Crippen LogP contribution in [0.15, 0.2) is 36.4 Å². The van der Waals surface area contributed by atoms with Crippen molar-refractivity contribution in [3.63, 3.8) is 0 Å². The molecule has 1 aromatic heterocycles. The van der Waals surface area contributed by atoms with Crippen molar-refractivity contribution in [1.29, 1.82) is 0 Å². The number of terminal acetylenes is 1. The molecule has 2 saturated carbocycles. The maximum absolute atomic E-state index is 13.7. The quantitative estimate of drug-likeness (QED) is 0.299. The number of nitrogens with zero attached hydrogens (tertiary/aromatic N) is 4. The Bertz CT molecular complexity index is 1230. The van der Waals surface area contributed by atoms with E-state index in [0.717, 1.165) is 47.7 Å². The Kier molecular flexibility index (Phi) is 7.59. The van der Waals surface area contributed by atoms with Gasteiger partial charge in [-0.05, 0) is 61.4 Å². The predicted molar refractivity (Wildman–Crippen MR) is 140 cm³/mol. The van der Waals surface area contributed by atoms with Crippen molar-refractivity contribution in [3.8, 4) is 23.8 Å². The molecule has 0 bridgehead atoms. The van der Waals surface area contributed by atoms with Gasteiger partial charge in [-0.15, -0.1) is 23.9 Å². The minimum atomic E-state index is -0.250. The van der Waals surface area contributed by atoms with E-state index in [2.05, 4.69) is 10.8 Å². The normalized spacial score (nSPS) is 15.7. The molecule has 2 aliphatic rings. The SMILES string of the molecule is C#CCN(c1nc(C2CC2)n(-c2cc(C)c(OC)cc2Cl)n1)C(CC1CC1)c1ccc(F)cc1.Cl. The van der Waals surface area contributed by atoms with Crippen LogP contribution in [-0.4, -0.2) is 28.4 Å². The van der Waals surface area contributed by atoms with Crippen LogP contribution >= 0.6 is 24.0 Å². The summed E-state index contributed by atoms with van der Waals surface area (Å²) in [7, 11) is 1.63. The monoisotopic (exact) mass is 514 g/mol. The van der Waals surface area contributed by atoms with Crippen molar-refractivity contribution in [2.24, 2.45) is 5.92 Å². The van der Waals surface area contributed by atoms with E-state index in [1.807, 2.05) is 35.9 Å². The molecule has 8 heteroatoms. The predicted octanol–water partition coefficient (Wildman–Crippen LogP) is 6.66. The average Bonchev–Trinajstić information content (AvgIpc) is 3.77. The number of rotatable bonds is 9. The van der Waals surface area contributed by atoms with Gasteiger partial charge in [0.05, 0.1) is 30.4 Å². The van der Waals surface area contributed by atoms with Crippen molar-refractivity contribution < 1.29 is 9.13 Å². The fourth-order valence-corrected chi connectivity index (χ4v) is 4.70. The van der Waals surface area contributed by atoms with Crippen LogP contribution in [0.5, 0.6) is 5.75 Å². The average molecular weight is 515 g/mol. The Morgan fingerprint density at radius 3 is 2.54 bits per heavy atom. The first-order valence-corrected chi connectivity index (χ1v) is 12.1. The van der Waals surface area contributed by atoms with Crippen molar-refractivity contribution in [2.75, 3.05) is 18.6 Å². The minimum Gasteiger partial charge on any atom is -0.496 e. The standard InChI is InChI=1S/C27H28ClFN4O.ClH/c1-4-13-32(23(15-18-5-6-18)19-9-11-21(29)12-10-19)27-30-26(20-7-8-20)33(31-27)24-14-17(2)25(34-3)16-22(24)28;/h1,9-12,14,16,18,20,23H,5-8,13,15H2,2-3H3;1H. The van der Waals surface area contributed by atoms with Crippen LogP contribution in [0.3, 0.4) is 0 Å². The topological polar surface area (TPSA) is 43.2 Å². The zero-order valence-corrected chi connectivity index (χ0v) is 21.4. The van der Waals surface area contributed by atoms with E-state index in [0.29, 0.717) is 29.4 Å². The zero-order chi connectivity index (χ0) is 23.8. The summed E-state index contributed by atoms with van der Waals surface area (Å²) in [4.78, 5) is 7.07. The second-order valence-electron chi connectivity index (χ2n) is 9.31. The number of aryl methyl sites for hydroxylation is 1. The van der Waals surface area contributed by atoms with Crippen LogP contribution in [0.25, 0.3) is 5.69 Å². The maximum atomic E-state index is 13.7. The highest BCUT2D eigenvalue weighted by atomic mass is 35.5. The third-order valence-corrected chi connectivity index (χ3v) is 6.96. The third kappa shape index (κ3) is 5.42. The smallest absolute Gasteiger partial charge is 0.246 e. The van der Waals surface area contributed by atoms with E-state index < -0.39 is 0 Å². The summed E-state index contributed by atoms with van der Waals surface area (Å²) in [5, 5.41) is 5.50. The van der Waals surface area contributed by atoms with Crippen LogP contribution in [0.1, 0.15) is 61.0 Å². The van der Waals surface area contributed by atoms with Gasteiger partial charge >= 0.3 is 0 Å². The summed E-state index contributed by atoms with van der Waals surface area (Å²) in [6.45, 7) is 2.34. The van der Waals surface area contributed by atoms with Crippen molar-refractivity contribution in [3.05, 3.63) is 64.2 Å². The number of anilines is 1. The number of hydrogen-bond donors (Lipinski definition) is 0. The molecule has 1 atom stereocenters. The van der Waals surface area contributed by atoms with Crippen molar-refractivity contribution >= 4 is 30.0 Å². The molecule has 0 spiro atoms. The van der Waals surface area contributed by atoms with Crippen molar-refractivity contribution in [1.82, 2.24) is 14.8 Å².